The minimum atomic E-state index is -0.308. The van der Waals surface area contributed by atoms with Gasteiger partial charge >= 0.3 is 0 Å². The van der Waals surface area contributed by atoms with E-state index in [-0.39, 0.29) is 24.3 Å². The number of carbonyl (C=O) groups excluding carboxylic acids is 2. The Labute approximate surface area is 121 Å². The molecule has 0 heterocycles. The van der Waals surface area contributed by atoms with Crippen molar-refractivity contribution in [2.45, 2.75) is 26.8 Å². The summed E-state index contributed by atoms with van der Waals surface area (Å²) in [6.45, 7) is 7.42. The quantitative estimate of drug-likeness (QED) is 0.716. The van der Waals surface area contributed by atoms with Gasteiger partial charge in [-0.25, -0.2) is 0 Å². The van der Waals surface area contributed by atoms with Crippen molar-refractivity contribution in [2.24, 2.45) is 0 Å². The maximum Gasteiger partial charge on any atom is 0.236 e. The van der Waals surface area contributed by atoms with Crippen LogP contribution in [-0.2, 0) is 4.79 Å². The summed E-state index contributed by atoms with van der Waals surface area (Å²) in [6.07, 6.45) is 0. The predicted octanol–water partition coefficient (Wildman–Crippen LogP) is 2.06. The standard InChI is InChI=1S/C16H24N2O2/c1-5-18(6-2)15(19)12-17(4)13(3)16(20)14-10-8-7-9-11-14/h7-11,13H,5-6,12H2,1-4H3. The Morgan fingerprint density at radius 2 is 1.65 bits per heavy atom. The van der Waals surface area contributed by atoms with Gasteiger partial charge in [0.15, 0.2) is 5.78 Å². The van der Waals surface area contributed by atoms with Crippen molar-refractivity contribution in [2.75, 3.05) is 26.7 Å². The zero-order valence-corrected chi connectivity index (χ0v) is 12.8. The fourth-order valence-electron chi connectivity index (χ4n) is 2.07. The Kier molecular flexibility index (Phi) is 6.39. The van der Waals surface area contributed by atoms with Crippen LogP contribution in [0.15, 0.2) is 30.3 Å². The van der Waals surface area contributed by atoms with Crippen molar-refractivity contribution in [1.82, 2.24) is 9.80 Å². The molecule has 0 saturated carbocycles. The van der Waals surface area contributed by atoms with E-state index in [4.69, 9.17) is 0 Å². The Hall–Kier alpha value is -1.68. The fraction of sp³-hybridized carbons (Fsp3) is 0.500. The average Bonchev–Trinajstić information content (AvgIpc) is 2.47. The monoisotopic (exact) mass is 276 g/mol. The second-order valence-electron chi connectivity index (χ2n) is 4.89. The van der Waals surface area contributed by atoms with Crippen molar-refractivity contribution in [3.05, 3.63) is 35.9 Å². The summed E-state index contributed by atoms with van der Waals surface area (Å²) in [5.41, 5.74) is 0.683. The van der Waals surface area contributed by atoms with Crippen LogP contribution < -0.4 is 0 Å². The fourth-order valence-corrected chi connectivity index (χ4v) is 2.07. The molecule has 1 amide bonds. The van der Waals surface area contributed by atoms with E-state index in [9.17, 15) is 9.59 Å². The third kappa shape index (κ3) is 4.17. The number of amides is 1. The second-order valence-corrected chi connectivity index (χ2v) is 4.89. The van der Waals surface area contributed by atoms with Crippen LogP contribution in [-0.4, -0.2) is 54.2 Å². The van der Waals surface area contributed by atoms with Gasteiger partial charge in [0.2, 0.25) is 5.91 Å². The maximum absolute atomic E-state index is 12.3. The van der Waals surface area contributed by atoms with E-state index in [1.165, 1.54) is 0 Å². The first-order valence-electron chi connectivity index (χ1n) is 7.08. The van der Waals surface area contributed by atoms with Crippen molar-refractivity contribution >= 4 is 11.7 Å². The molecular weight excluding hydrogens is 252 g/mol. The van der Waals surface area contributed by atoms with Crippen LogP contribution in [0.5, 0.6) is 0 Å². The van der Waals surface area contributed by atoms with Gasteiger partial charge in [-0.2, -0.15) is 0 Å². The Balaban J connectivity index is 2.65. The molecule has 1 rings (SSSR count). The molecule has 0 fully saturated rings. The smallest absolute Gasteiger partial charge is 0.236 e. The number of nitrogens with zero attached hydrogens (tertiary/aromatic N) is 2. The molecule has 0 saturated heterocycles. The van der Waals surface area contributed by atoms with E-state index >= 15 is 0 Å². The average molecular weight is 276 g/mol. The first-order chi connectivity index (χ1) is 9.51. The van der Waals surface area contributed by atoms with Crippen LogP contribution in [0.25, 0.3) is 0 Å². The lowest BCUT2D eigenvalue weighted by molar-refractivity contribution is -0.131. The first kappa shape index (κ1) is 16.4. The highest BCUT2D eigenvalue weighted by atomic mass is 16.2. The van der Waals surface area contributed by atoms with Gasteiger partial charge < -0.3 is 4.90 Å². The van der Waals surface area contributed by atoms with Crippen LogP contribution in [0.3, 0.4) is 0 Å². The molecule has 0 N–H and O–H groups in total. The Morgan fingerprint density at radius 1 is 1.10 bits per heavy atom. The first-order valence-corrected chi connectivity index (χ1v) is 7.08. The van der Waals surface area contributed by atoms with E-state index in [1.807, 2.05) is 46.0 Å². The highest BCUT2D eigenvalue weighted by molar-refractivity contribution is 6.00. The van der Waals surface area contributed by atoms with Crippen LogP contribution in [0, 0.1) is 0 Å². The molecule has 0 aromatic heterocycles. The SMILES string of the molecule is CCN(CC)C(=O)CN(C)C(C)C(=O)c1ccccc1. The summed E-state index contributed by atoms with van der Waals surface area (Å²) in [5, 5.41) is 0. The highest BCUT2D eigenvalue weighted by Gasteiger charge is 2.22. The molecule has 20 heavy (non-hydrogen) atoms. The number of hydrogen-bond donors (Lipinski definition) is 0. The number of benzene rings is 1. The van der Waals surface area contributed by atoms with Crippen molar-refractivity contribution in [3.63, 3.8) is 0 Å². The number of likely N-dealkylation sites (N-methyl/N-ethyl adjacent to an activating group) is 2. The summed E-state index contributed by atoms with van der Waals surface area (Å²) < 4.78 is 0. The van der Waals surface area contributed by atoms with E-state index < -0.39 is 0 Å². The molecule has 0 aliphatic heterocycles. The molecule has 4 heteroatoms. The minimum absolute atomic E-state index is 0.0421. The number of Topliss-reactive ketones (excluding diaryl/α,β-unsaturated/α-hetero) is 1. The van der Waals surface area contributed by atoms with Crippen LogP contribution in [0.4, 0.5) is 0 Å². The van der Waals surface area contributed by atoms with E-state index in [2.05, 4.69) is 0 Å². The third-order valence-electron chi connectivity index (χ3n) is 3.60. The lowest BCUT2D eigenvalue weighted by Gasteiger charge is -2.26. The number of hydrogen-bond acceptors (Lipinski definition) is 3. The van der Waals surface area contributed by atoms with Crippen LogP contribution >= 0.6 is 0 Å². The highest BCUT2D eigenvalue weighted by Crippen LogP contribution is 2.08. The molecule has 4 nitrogen and oxygen atoms in total. The zero-order chi connectivity index (χ0) is 15.1. The van der Waals surface area contributed by atoms with Gasteiger partial charge in [-0.3, -0.25) is 14.5 Å². The summed E-state index contributed by atoms with van der Waals surface area (Å²) in [7, 11) is 1.81. The third-order valence-corrected chi connectivity index (χ3v) is 3.60. The summed E-state index contributed by atoms with van der Waals surface area (Å²) in [6, 6.07) is 8.88. The van der Waals surface area contributed by atoms with Gasteiger partial charge in [-0.15, -0.1) is 0 Å². The number of rotatable bonds is 7. The second kappa shape index (κ2) is 7.80. The maximum atomic E-state index is 12.3. The van der Waals surface area contributed by atoms with E-state index in [0.717, 1.165) is 0 Å². The molecule has 0 spiro atoms. The van der Waals surface area contributed by atoms with Crippen molar-refractivity contribution in [3.8, 4) is 0 Å². The molecule has 110 valence electrons. The number of carbonyl (C=O) groups is 2. The molecule has 0 radical (unpaired) electrons. The summed E-state index contributed by atoms with van der Waals surface area (Å²) in [4.78, 5) is 27.9. The van der Waals surface area contributed by atoms with Crippen LogP contribution in [0.2, 0.25) is 0 Å². The largest absolute Gasteiger partial charge is 0.342 e. The molecule has 1 aromatic carbocycles. The molecule has 0 aliphatic carbocycles. The van der Waals surface area contributed by atoms with E-state index in [0.29, 0.717) is 18.7 Å². The van der Waals surface area contributed by atoms with Crippen LogP contribution in [0.1, 0.15) is 31.1 Å². The lowest BCUT2D eigenvalue weighted by Crippen LogP contribution is -2.44. The van der Waals surface area contributed by atoms with Gasteiger partial charge in [0.05, 0.1) is 12.6 Å². The Bertz CT molecular complexity index is 441. The summed E-state index contributed by atoms with van der Waals surface area (Å²) >= 11 is 0. The van der Waals surface area contributed by atoms with Gasteiger partial charge in [0, 0.05) is 18.7 Å². The lowest BCUT2D eigenvalue weighted by atomic mass is 10.0. The van der Waals surface area contributed by atoms with Crippen molar-refractivity contribution in [1.29, 1.82) is 0 Å². The van der Waals surface area contributed by atoms with Gasteiger partial charge in [0.25, 0.3) is 0 Å². The molecule has 0 aliphatic rings. The topological polar surface area (TPSA) is 40.6 Å². The molecule has 1 unspecified atom stereocenters. The van der Waals surface area contributed by atoms with E-state index in [1.54, 1.807) is 21.9 Å². The van der Waals surface area contributed by atoms with Gasteiger partial charge in [-0.1, -0.05) is 30.3 Å². The predicted molar refractivity (Wildman–Crippen MR) is 80.8 cm³/mol. The minimum Gasteiger partial charge on any atom is -0.342 e. The van der Waals surface area contributed by atoms with Gasteiger partial charge in [-0.05, 0) is 27.8 Å². The van der Waals surface area contributed by atoms with Gasteiger partial charge in [0.1, 0.15) is 0 Å². The number of ketones is 1. The molecule has 1 aromatic rings. The zero-order valence-electron chi connectivity index (χ0n) is 12.8. The molecule has 0 bridgehead atoms. The normalized spacial score (nSPS) is 12.2. The summed E-state index contributed by atoms with van der Waals surface area (Å²) in [5.74, 6) is 0.102. The van der Waals surface area contributed by atoms with Crippen molar-refractivity contribution < 1.29 is 9.59 Å². The molecule has 1 atom stereocenters. The molecular formula is C16H24N2O2. The Morgan fingerprint density at radius 3 is 2.15 bits per heavy atom.